The van der Waals surface area contributed by atoms with Crippen molar-refractivity contribution in [3.63, 3.8) is 0 Å². The highest BCUT2D eigenvalue weighted by molar-refractivity contribution is 5.52. The average molecular weight is 259 g/mol. The first kappa shape index (κ1) is 14.0. The quantitative estimate of drug-likeness (QED) is 0.607. The Labute approximate surface area is 101 Å². The van der Waals surface area contributed by atoms with E-state index in [0.717, 1.165) is 0 Å². The summed E-state index contributed by atoms with van der Waals surface area (Å²) in [5, 5.41) is 8.29. The first-order chi connectivity index (χ1) is 8.40. The molecule has 2 nitrogen and oxygen atoms in total. The van der Waals surface area contributed by atoms with Gasteiger partial charge in [-0.05, 0) is 23.8 Å². The Bertz CT molecular complexity index is 445. The summed E-state index contributed by atoms with van der Waals surface area (Å²) in [6.45, 7) is 0. The van der Waals surface area contributed by atoms with Crippen LogP contribution in [0.1, 0.15) is 12.0 Å². The van der Waals surface area contributed by atoms with E-state index >= 15 is 0 Å². The van der Waals surface area contributed by atoms with E-state index in [1.165, 1.54) is 36.4 Å². The SMILES string of the molecule is N#CC=Cc1ccc(OC(F)CC(F)(F)F)cc1. The molecule has 18 heavy (non-hydrogen) atoms. The second-order valence-corrected chi connectivity index (χ2v) is 3.38. The maximum absolute atomic E-state index is 12.9. The molecule has 1 rings (SSSR count). The van der Waals surface area contributed by atoms with Gasteiger partial charge in [-0.3, -0.25) is 0 Å². The molecule has 0 heterocycles. The van der Waals surface area contributed by atoms with Crippen molar-refractivity contribution in [2.75, 3.05) is 0 Å². The standard InChI is InChI=1S/C12H9F4NO/c13-11(8-12(14,15)16)18-10-5-3-9(4-6-10)2-1-7-17/h1-6,11H,8H2. The van der Waals surface area contributed by atoms with E-state index in [1.807, 2.05) is 0 Å². The number of rotatable bonds is 4. The van der Waals surface area contributed by atoms with Crippen molar-refractivity contribution in [2.24, 2.45) is 0 Å². The van der Waals surface area contributed by atoms with Gasteiger partial charge in [-0.25, -0.2) is 4.39 Å². The monoisotopic (exact) mass is 259 g/mol. The third-order valence-electron chi connectivity index (χ3n) is 1.89. The van der Waals surface area contributed by atoms with Crippen molar-refractivity contribution in [1.29, 1.82) is 5.26 Å². The molecule has 0 aliphatic heterocycles. The highest BCUT2D eigenvalue weighted by atomic mass is 19.4. The molecule has 0 saturated heterocycles. The van der Waals surface area contributed by atoms with E-state index < -0.39 is 19.0 Å². The molecule has 1 unspecified atom stereocenters. The lowest BCUT2D eigenvalue weighted by atomic mass is 10.2. The zero-order valence-electron chi connectivity index (χ0n) is 9.12. The van der Waals surface area contributed by atoms with Crippen LogP contribution < -0.4 is 4.74 Å². The molecule has 1 aromatic carbocycles. The Kier molecular flexibility index (Phi) is 4.72. The molecule has 0 bridgehead atoms. The molecule has 0 spiro atoms. The number of halogens is 4. The molecule has 1 aromatic rings. The van der Waals surface area contributed by atoms with E-state index in [-0.39, 0.29) is 5.75 Å². The lowest BCUT2D eigenvalue weighted by Gasteiger charge is -2.13. The van der Waals surface area contributed by atoms with E-state index in [1.54, 1.807) is 6.07 Å². The van der Waals surface area contributed by atoms with Crippen LogP contribution in [0.2, 0.25) is 0 Å². The lowest BCUT2D eigenvalue weighted by Crippen LogP contribution is -2.20. The van der Waals surface area contributed by atoms with Gasteiger partial charge in [0.05, 0.1) is 6.07 Å². The van der Waals surface area contributed by atoms with E-state index in [9.17, 15) is 17.6 Å². The number of nitriles is 1. The van der Waals surface area contributed by atoms with Crippen LogP contribution in [0.25, 0.3) is 6.08 Å². The zero-order chi connectivity index (χ0) is 13.6. The largest absolute Gasteiger partial charge is 0.460 e. The lowest BCUT2D eigenvalue weighted by molar-refractivity contribution is -0.166. The molecular formula is C12H9F4NO. The van der Waals surface area contributed by atoms with Gasteiger partial charge in [0.1, 0.15) is 12.2 Å². The topological polar surface area (TPSA) is 33.0 Å². The molecule has 6 heteroatoms. The molecule has 0 aliphatic rings. The highest BCUT2D eigenvalue weighted by Crippen LogP contribution is 2.25. The molecule has 0 aromatic heterocycles. The van der Waals surface area contributed by atoms with E-state index in [4.69, 9.17) is 5.26 Å². The predicted octanol–water partition coefficient (Wildman–Crippen LogP) is 3.85. The van der Waals surface area contributed by atoms with Gasteiger partial charge in [0, 0.05) is 6.08 Å². The Morgan fingerprint density at radius 2 is 1.89 bits per heavy atom. The summed E-state index contributed by atoms with van der Waals surface area (Å²) in [7, 11) is 0. The summed E-state index contributed by atoms with van der Waals surface area (Å²) in [5.41, 5.74) is 0.662. The fraction of sp³-hybridized carbons (Fsp3) is 0.250. The third-order valence-corrected chi connectivity index (χ3v) is 1.89. The van der Waals surface area contributed by atoms with Crippen LogP contribution in [0, 0.1) is 11.3 Å². The van der Waals surface area contributed by atoms with Crippen LogP contribution in [0.15, 0.2) is 30.3 Å². The Balaban J connectivity index is 2.59. The first-order valence-electron chi connectivity index (χ1n) is 4.94. The van der Waals surface area contributed by atoms with Crippen molar-refractivity contribution in [1.82, 2.24) is 0 Å². The Morgan fingerprint density at radius 3 is 2.39 bits per heavy atom. The zero-order valence-corrected chi connectivity index (χ0v) is 9.12. The molecule has 0 aliphatic carbocycles. The summed E-state index contributed by atoms with van der Waals surface area (Å²) in [5.74, 6) is 0.000794. The minimum Gasteiger partial charge on any atom is -0.460 e. The second kappa shape index (κ2) is 6.05. The van der Waals surface area contributed by atoms with Crippen molar-refractivity contribution in [3.05, 3.63) is 35.9 Å². The van der Waals surface area contributed by atoms with Crippen LogP contribution in [0.5, 0.6) is 5.75 Å². The number of hydrogen-bond acceptors (Lipinski definition) is 2. The van der Waals surface area contributed by atoms with Crippen molar-refractivity contribution >= 4 is 6.08 Å². The van der Waals surface area contributed by atoms with Crippen LogP contribution in [-0.4, -0.2) is 12.5 Å². The maximum Gasteiger partial charge on any atom is 0.395 e. The van der Waals surface area contributed by atoms with E-state index in [0.29, 0.717) is 5.56 Å². The number of hydrogen-bond donors (Lipinski definition) is 0. The predicted molar refractivity (Wildman–Crippen MR) is 57.3 cm³/mol. The summed E-state index contributed by atoms with van der Waals surface area (Å²) < 4.78 is 52.9. The molecule has 0 radical (unpaired) electrons. The number of allylic oxidation sites excluding steroid dienone is 1. The van der Waals surface area contributed by atoms with Crippen molar-refractivity contribution < 1.29 is 22.3 Å². The summed E-state index contributed by atoms with van der Waals surface area (Å²) >= 11 is 0. The average Bonchev–Trinajstić information content (AvgIpc) is 2.25. The fourth-order valence-electron chi connectivity index (χ4n) is 1.16. The number of ether oxygens (including phenoxy) is 1. The Morgan fingerprint density at radius 1 is 1.28 bits per heavy atom. The molecule has 1 atom stereocenters. The normalized spacial score (nSPS) is 13.3. The van der Waals surface area contributed by atoms with Gasteiger partial charge < -0.3 is 4.74 Å². The van der Waals surface area contributed by atoms with Crippen LogP contribution >= 0.6 is 0 Å². The number of alkyl halides is 4. The van der Waals surface area contributed by atoms with Gasteiger partial charge in [-0.1, -0.05) is 12.1 Å². The van der Waals surface area contributed by atoms with Gasteiger partial charge in [0.2, 0.25) is 6.36 Å². The molecule has 0 saturated carbocycles. The maximum atomic E-state index is 12.9. The van der Waals surface area contributed by atoms with Gasteiger partial charge in [-0.15, -0.1) is 0 Å². The van der Waals surface area contributed by atoms with Crippen molar-refractivity contribution in [2.45, 2.75) is 19.0 Å². The second-order valence-electron chi connectivity index (χ2n) is 3.38. The van der Waals surface area contributed by atoms with E-state index in [2.05, 4.69) is 4.74 Å². The molecule has 0 fully saturated rings. The number of benzene rings is 1. The first-order valence-corrected chi connectivity index (χ1v) is 4.94. The highest BCUT2D eigenvalue weighted by Gasteiger charge is 2.33. The number of nitrogens with zero attached hydrogens (tertiary/aromatic N) is 1. The smallest absolute Gasteiger partial charge is 0.395 e. The van der Waals surface area contributed by atoms with Gasteiger partial charge in [0.15, 0.2) is 0 Å². The third kappa shape index (κ3) is 5.34. The molecule has 0 amide bonds. The van der Waals surface area contributed by atoms with Crippen LogP contribution in [0.3, 0.4) is 0 Å². The van der Waals surface area contributed by atoms with Gasteiger partial charge in [-0.2, -0.15) is 18.4 Å². The van der Waals surface area contributed by atoms with Crippen LogP contribution in [-0.2, 0) is 0 Å². The van der Waals surface area contributed by atoms with Crippen molar-refractivity contribution in [3.8, 4) is 11.8 Å². The summed E-state index contributed by atoms with van der Waals surface area (Å²) in [4.78, 5) is 0. The molecule has 96 valence electrons. The molecule has 0 N–H and O–H groups in total. The Hall–Kier alpha value is -2.03. The summed E-state index contributed by atoms with van der Waals surface area (Å²) in [6.07, 6.45) is -5.92. The summed E-state index contributed by atoms with van der Waals surface area (Å²) in [6, 6.07) is 7.47. The van der Waals surface area contributed by atoms with Crippen LogP contribution in [0.4, 0.5) is 17.6 Å². The minimum absolute atomic E-state index is 0.000794. The molecular weight excluding hydrogens is 250 g/mol. The fourth-order valence-corrected chi connectivity index (χ4v) is 1.16. The van der Waals surface area contributed by atoms with Gasteiger partial charge >= 0.3 is 6.18 Å². The van der Waals surface area contributed by atoms with Gasteiger partial charge in [0.25, 0.3) is 0 Å². The minimum atomic E-state index is -4.60.